The summed E-state index contributed by atoms with van der Waals surface area (Å²) in [5.74, 6) is 0.446. The van der Waals surface area contributed by atoms with Crippen LogP contribution in [0.2, 0.25) is 0 Å². The molecule has 2 N–H and O–H groups in total. The molecule has 0 saturated carbocycles. The van der Waals surface area contributed by atoms with Crippen LogP contribution in [0.4, 0.5) is 0 Å². The van der Waals surface area contributed by atoms with Crippen molar-refractivity contribution in [1.82, 2.24) is 0 Å². The fourth-order valence-corrected chi connectivity index (χ4v) is 2.84. The Hall–Kier alpha value is -0.640. The summed E-state index contributed by atoms with van der Waals surface area (Å²) in [5, 5.41) is 2.11. The molecule has 1 aromatic carbocycles. The molecule has 1 heterocycles. The average Bonchev–Trinajstić information content (AvgIpc) is 2.82. The molecule has 3 heteroatoms. The predicted octanol–water partition coefficient (Wildman–Crippen LogP) is 3.80. The van der Waals surface area contributed by atoms with Crippen LogP contribution in [0.25, 0.3) is 0 Å². The van der Waals surface area contributed by atoms with E-state index in [1.54, 1.807) is 11.3 Å². The first-order valence-electron chi connectivity index (χ1n) is 5.27. The van der Waals surface area contributed by atoms with Crippen molar-refractivity contribution in [3.63, 3.8) is 0 Å². The van der Waals surface area contributed by atoms with E-state index < -0.39 is 0 Å². The molecule has 0 aliphatic heterocycles. The molecule has 16 heavy (non-hydrogen) atoms. The Morgan fingerprint density at radius 2 is 1.94 bits per heavy atom. The molecule has 1 atom stereocenters. The van der Waals surface area contributed by atoms with E-state index in [0.29, 0.717) is 12.5 Å². The van der Waals surface area contributed by atoms with Crippen LogP contribution >= 0.6 is 27.3 Å². The van der Waals surface area contributed by atoms with Gasteiger partial charge in [-0.15, -0.1) is 11.3 Å². The number of nitrogens with two attached hydrogens (primary N) is 1. The van der Waals surface area contributed by atoms with Crippen molar-refractivity contribution in [2.75, 3.05) is 6.54 Å². The minimum atomic E-state index is 0.446. The van der Waals surface area contributed by atoms with Crippen LogP contribution in [0, 0.1) is 0 Å². The Balaban J connectivity index is 2.10. The standard InChI is InChI=1S/C13H14BrNS/c14-12-5-3-10(4-6-12)8-11(9-15)13-2-1-7-16-13/h1-7,11H,8-9,15H2. The van der Waals surface area contributed by atoms with Gasteiger partial charge in [0.25, 0.3) is 0 Å². The first-order valence-corrected chi connectivity index (χ1v) is 6.95. The fraction of sp³-hybridized carbons (Fsp3) is 0.231. The zero-order valence-electron chi connectivity index (χ0n) is 8.90. The van der Waals surface area contributed by atoms with E-state index in [2.05, 4.69) is 57.7 Å². The van der Waals surface area contributed by atoms with E-state index in [9.17, 15) is 0 Å². The smallest absolute Gasteiger partial charge is 0.0175 e. The summed E-state index contributed by atoms with van der Waals surface area (Å²) in [6, 6.07) is 12.7. The molecule has 0 fully saturated rings. The van der Waals surface area contributed by atoms with Crippen LogP contribution in [-0.2, 0) is 6.42 Å². The van der Waals surface area contributed by atoms with Gasteiger partial charge in [0.1, 0.15) is 0 Å². The summed E-state index contributed by atoms with van der Waals surface area (Å²) in [5.41, 5.74) is 7.18. The quantitative estimate of drug-likeness (QED) is 0.912. The van der Waals surface area contributed by atoms with Gasteiger partial charge in [-0.05, 0) is 35.6 Å². The van der Waals surface area contributed by atoms with E-state index in [0.717, 1.165) is 10.9 Å². The van der Waals surface area contributed by atoms with Gasteiger partial charge in [0, 0.05) is 21.8 Å². The zero-order valence-corrected chi connectivity index (χ0v) is 11.3. The van der Waals surface area contributed by atoms with Gasteiger partial charge in [-0.2, -0.15) is 0 Å². The Kier molecular flexibility index (Phi) is 4.16. The molecule has 0 bridgehead atoms. The normalized spacial score (nSPS) is 12.6. The lowest BCUT2D eigenvalue weighted by molar-refractivity contribution is 0.707. The molecule has 0 spiro atoms. The third-order valence-corrected chi connectivity index (χ3v) is 4.19. The summed E-state index contributed by atoms with van der Waals surface area (Å²) >= 11 is 5.23. The number of hydrogen-bond acceptors (Lipinski definition) is 2. The SMILES string of the molecule is NCC(Cc1ccc(Br)cc1)c1cccs1. The van der Waals surface area contributed by atoms with Gasteiger partial charge in [0.15, 0.2) is 0 Å². The van der Waals surface area contributed by atoms with Crippen molar-refractivity contribution < 1.29 is 0 Å². The zero-order chi connectivity index (χ0) is 11.4. The highest BCUT2D eigenvalue weighted by Crippen LogP contribution is 2.24. The maximum absolute atomic E-state index is 5.84. The van der Waals surface area contributed by atoms with Gasteiger partial charge in [-0.1, -0.05) is 34.1 Å². The maximum Gasteiger partial charge on any atom is 0.0175 e. The van der Waals surface area contributed by atoms with Crippen molar-refractivity contribution in [2.45, 2.75) is 12.3 Å². The summed E-state index contributed by atoms with van der Waals surface area (Å²) < 4.78 is 1.12. The fourth-order valence-electron chi connectivity index (χ4n) is 1.73. The molecule has 2 rings (SSSR count). The molecular formula is C13H14BrNS. The number of benzene rings is 1. The Bertz CT molecular complexity index is 422. The summed E-state index contributed by atoms with van der Waals surface area (Å²) in [7, 11) is 0. The van der Waals surface area contributed by atoms with E-state index >= 15 is 0 Å². The molecule has 0 amide bonds. The highest BCUT2D eigenvalue weighted by molar-refractivity contribution is 9.10. The summed E-state index contributed by atoms with van der Waals surface area (Å²) in [6.07, 6.45) is 1.02. The predicted molar refractivity (Wildman–Crippen MR) is 74.0 cm³/mol. The van der Waals surface area contributed by atoms with E-state index in [1.165, 1.54) is 10.4 Å². The molecule has 0 radical (unpaired) electrons. The summed E-state index contributed by atoms with van der Waals surface area (Å²) in [6.45, 7) is 0.705. The molecule has 1 nitrogen and oxygen atoms in total. The first kappa shape index (κ1) is 11.8. The van der Waals surface area contributed by atoms with Gasteiger partial charge in [0.05, 0.1) is 0 Å². The molecule has 84 valence electrons. The first-order chi connectivity index (χ1) is 7.79. The number of thiophene rings is 1. The second-order valence-electron chi connectivity index (χ2n) is 3.78. The highest BCUT2D eigenvalue weighted by Gasteiger charge is 2.11. The van der Waals surface area contributed by atoms with Crippen molar-refractivity contribution in [2.24, 2.45) is 5.73 Å². The van der Waals surface area contributed by atoms with Gasteiger partial charge >= 0.3 is 0 Å². The van der Waals surface area contributed by atoms with Crippen LogP contribution in [-0.4, -0.2) is 6.54 Å². The van der Waals surface area contributed by atoms with Gasteiger partial charge in [0.2, 0.25) is 0 Å². The van der Waals surface area contributed by atoms with E-state index in [4.69, 9.17) is 5.73 Å². The lowest BCUT2D eigenvalue weighted by Gasteiger charge is -2.12. The second kappa shape index (κ2) is 5.62. The van der Waals surface area contributed by atoms with Gasteiger partial charge in [-0.3, -0.25) is 0 Å². The van der Waals surface area contributed by atoms with Crippen LogP contribution in [0.3, 0.4) is 0 Å². The second-order valence-corrected chi connectivity index (χ2v) is 5.67. The topological polar surface area (TPSA) is 26.0 Å². The van der Waals surface area contributed by atoms with Crippen LogP contribution in [0.5, 0.6) is 0 Å². The summed E-state index contributed by atoms with van der Waals surface area (Å²) in [4.78, 5) is 1.38. The molecular weight excluding hydrogens is 282 g/mol. The Morgan fingerprint density at radius 1 is 1.19 bits per heavy atom. The van der Waals surface area contributed by atoms with Crippen LogP contribution in [0.1, 0.15) is 16.4 Å². The molecule has 2 aromatic rings. The van der Waals surface area contributed by atoms with Crippen molar-refractivity contribution in [3.05, 3.63) is 56.7 Å². The number of rotatable bonds is 4. The van der Waals surface area contributed by atoms with Gasteiger partial charge in [-0.25, -0.2) is 0 Å². The van der Waals surface area contributed by atoms with Gasteiger partial charge < -0.3 is 5.73 Å². The third kappa shape index (κ3) is 2.94. The van der Waals surface area contributed by atoms with Crippen molar-refractivity contribution in [3.8, 4) is 0 Å². The molecule has 0 aliphatic carbocycles. The van der Waals surface area contributed by atoms with E-state index in [-0.39, 0.29) is 0 Å². The maximum atomic E-state index is 5.84. The third-order valence-electron chi connectivity index (χ3n) is 2.63. The molecule has 0 saturated heterocycles. The van der Waals surface area contributed by atoms with Crippen LogP contribution < -0.4 is 5.73 Å². The molecule has 1 aromatic heterocycles. The lowest BCUT2D eigenvalue weighted by atomic mass is 9.98. The number of halogens is 1. The molecule has 1 unspecified atom stereocenters. The monoisotopic (exact) mass is 295 g/mol. The minimum Gasteiger partial charge on any atom is -0.330 e. The Morgan fingerprint density at radius 3 is 2.50 bits per heavy atom. The van der Waals surface area contributed by atoms with Crippen molar-refractivity contribution in [1.29, 1.82) is 0 Å². The van der Waals surface area contributed by atoms with Crippen LogP contribution in [0.15, 0.2) is 46.3 Å². The highest BCUT2D eigenvalue weighted by atomic mass is 79.9. The minimum absolute atomic E-state index is 0.446. The Labute approximate surface area is 108 Å². The van der Waals surface area contributed by atoms with E-state index in [1.807, 2.05) is 0 Å². The largest absolute Gasteiger partial charge is 0.330 e. The average molecular weight is 296 g/mol. The lowest BCUT2D eigenvalue weighted by Crippen LogP contribution is -2.13. The number of hydrogen-bond donors (Lipinski definition) is 1. The molecule has 0 aliphatic rings. The van der Waals surface area contributed by atoms with Crippen molar-refractivity contribution >= 4 is 27.3 Å².